The van der Waals surface area contributed by atoms with Gasteiger partial charge in [-0.05, 0) is 37.8 Å². The zero-order valence-electron chi connectivity index (χ0n) is 17.6. The molecule has 0 aromatic heterocycles. The molecule has 2 atom stereocenters. The van der Waals surface area contributed by atoms with E-state index in [0.717, 1.165) is 0 Å². The van der Waals surface area contributed by atoms with E-state index in [0.29, 0.717) is 56.0 Å². The van der Waals surface area contributed by atoms with Gasteiger partial charge in [0.25, 0.3) is 5.91 Å². The highest BCUT2D eigenvalue weighted by atomic mass is 32.2. The number of rotatable bonds is 7. The third kappa shape index (κ3) is 4.60. The van der Waals surface area contributed by atoms with Crippen molar-refractivity contribution in [1.82, 2.24) is 9.62 Å². The van der Waals surface area contributed by atoms with Gasteiger partial charge in [0.05, 0.1) is 23.1 Å². The number of piperidine rings is 1. The van der Waals surface area contributed by atoms with Crippen LogP contribution >= 0.6 is 0 Å². The van der Waals surface area contributed by atoms with Gasteiger partial charge >= 0.3 is 0 Å². The van der Waals surface area contributed by atoms with E-state index in [4.69, 9.17) is 9.47 Å². The Labute approximate surface area is 177 Å². The molecule has 2 N–H and O–H groups in total. The van der Waals surface area contributed by atoms with Crippen LogP contribution in [-0.2, 0) is 24.3 Å². The minimum Gasteiger partial charge on any atom is -0.478 e. The van der Waals surface area contributed by atoms with E-state index in [1.807, 2.05) is 6.92 Å². The molecule has 0 spiro atoms. The largest absolute Gasteiger partial charge is 0.478 e. The van der Waals surface area contributed by atoms with Crippen LogP contribution in [-0.4, -0.2) is 64.0 Å². The van der Waals surface area contributed by atoms with E-state index in [1.54, 1.807) is 20.1 Å². The Kier molecular flexibility index (Phi) is 6.99. The van der Waals surface area contributed by atoms with Gasteiger partial charge in [-0.1, -0.05) is 6.92 Å². The van der Waals surface area contributed by atoms with Crippen molar-refractivity contribution in [2.75, 3.05) is 38.7 Å². The fourth-order valence-electron chi connectivity index (χ4n) is 3.77. The molecule has 10 heteroatoms. The molecule has 2 aliphatic heterocycles. The summed E-state index contributed by atoms with van der Waals surface area (Å²) in [5.41, 5.74) is 0.981. The van der Waals surface area contributed by atoms with E-state index in [1.165, 1.54) is 10.4 Å². The molecule has 30 heavy (non-hydrogen) atoms. The lowest BCUT2D eigenvalue weighted by atomic mass is 9.99. The molecule has 0 bridgehead atoms. The maximum atomic E-state index is 13.4. The first-order valence-electron chi connectivity index (χ1n) is 10.2. The molecule has 3 rings (SSSR count). The number of carbonyl (C=O) groups excluding carboxylic acids is 2. The molecule has 0 aliphatic carbocycles. The Hall–Kier alpha value is -2.17. The summed E-state index contributed by atoms with van der Waals surface area (Å²) < 4.78 is 38.8. The van der Waals surface area contributed by atoms with Crippen LogP contribution < -0.4 is 15.4 Å². The first-order valence-corrected chi connectivity index (χ1v) is 11.6. The predicted molar refractivity (Wildman–Crippen MR) is 111 cm³/mol. The standard InChI is InChI=1S/C20H29N3O6S/c1-4-16-20(25)22-15-10-13(2)18(11-17(15)29-16)30(26,27)23-8-5-6-14(12-23)19(24)21-7-9-28-3/h10-11,14,16H,4-9,12H2,1-3H3,(H,21,24)(H,22,25)/t14-,16-/m1/s1. The van der Waals surface area contributed by atoms with Gasteiger partial charge in [0.15, 0.2) is 6.10 Å². The van der Waals surface area contributed by atoms with Crippen LogP contribution in [0.4, 0.5) is 5.69 Å². The lowest BCUT2D eigenvalue weighted by molar-refractivity contribution is -0.126. The zero-order valence-corrected chi connectivity index (χ0v) is 18.4. The summed E-state index contributed by atoms with van der Waals surface area (Å²) in [7, 11) is -2.26. The predicted octanol–water partition coefficient (Wildman–Crippen LogP) is 1.27. The number of ether oxygens (including phenoxy) is 2. The molecule has 1 aromatic rings. The first-order chi connectivity index (χ1) is 14.3. The van der Waals surface area contributed by atoms with E-state index in [2.05, 4.69) is 10.6 Å². The Bertz CT molecular complexity index is 917. The molecule has 1 aromatic carbocycles. The quantitative estimate of drug-likeness (QED) is 0.619. The van der Waals surface area contributed by atoms with Crippen LogP contribution in [0.1, 0.15) is 31.7 Å². The number of hydrogen-bond donors (Lipinski definition) is 2. The van der Waals surface area contributed by atoms with Crippen LogP contribution in [0.2, 0.25) is 0 Å². The van der Waals surface area contributed by atoms with E-state index in [-0.39, 0.29) is 23.3 Å². The van der Waals surface area contributed by atoms with Crippen molar-refractivity contribution in [3.8, 4) is 5.75 Å². The number of amides is 2. The van der Waals surface area contributed by atoms with Crippen molar-refractivity contribution in [3.63, 3.8) is 0 Å². The third-order valence-electron chi connectivity index (χ3n) is 5.45. The van der Waals surface area contributed by atoms with Gasteiger partial charge in [-0.15, -0.1) is 0 Å². The molecule has 9 nitrogen and oxygen atoms in total. The van der Waals surface area contributed by atoms with Crippen LogP contribution in [0.5, 0.6) is 5.75 Å². The second-order valence-electron chi connectivity index (χ2n) is 7.60. The molecule has 2 amide bonds. The second kappa shape index (κ2) is 9.32. The molecular formula is C20H29N3O6S. The number of benzene rings is 1. The van der Waals surface area contributed by atoms with Crippen molar-refractivity contribution < 1.29 is 27.5 Å². The van der Waals surface area contributed by atoms with Crippen molar-refractivity contribution >= 4 is 27.5 Å². The average Bonchev–Trinajstić information content (AvgIpc) is 2.73. The molecular weight excluding hydrogens is 410 g/mol. The molecule has 166 valence electrons. The topological polar surface area (TPSA) is 114 Å². The van der Waals surface area contributed by atoms with Gasteiger partial charge in [0, 0.05) is 32.8 Å². The summed E-state index contributed by atoms with van der Waals surface area (Å²) >= 11 is 0. The van der Waals surface area contributed by atoms with Crippen LogP contribution in [0.15, 0.2) is 17.0 Å². The highest BCUT2D eigenvalue weighted by Crippen LogP contribution is 2.36. The fraction of sp³-hybridized carbons (Fsp3) is 0.600. The van der Waals surface area contributed by atoms with Gasteiger partial charge < -0.3 is 20.1 Å². The van der Waals surface area contributed by atoms with Gasteiger partial charge in [0.1, 0.15) is 5.75 Å². The lowest BCUT2D eigenvalue weighted by Crippen LogP contribution is -2.46. The highest BCUT2D eigenvalue weighted by Gasteiger charge is 2.35. The fourth-order valence-corrected chi connectivity index (χ4v) is 5.51. The van der Waals surface area contributed by atoms with Crippen molar-refractivity contribution in [3.05, 3.63) is 17.7 Å². The van der Waals surface area contributed by atoms with Crippen molar-refractivity contribution in [2.45, 2.75) is 44.1 Å². The van der Waals surface area contributed by atoms with E-state index in [9.17, 15) is 18.0 Å². The highest BCUT2D eigenvalue weighted by molar-refractivity contribution is 7.89. The summed E-state index contributed by atoms with van der Waals surface area (Å²) in [6.07, 6.45) is 1.08. The Morgan fingerprint density at radius 3 is 2.87 bits per heavy atom. The normalized spacial score (nSPS) is 22.0. The second-order valence-corrected chi connectivity index (χ2v) is 9.51. The number of methoxy groups -OCH3 is 1. The number of nitrogens with one attached hydrogen (secondary N) is 2. The SMILES string of the molecule is CC[C@H]1Oc2cc(S(=O)(=O)N3CCC[C@@H](C(=O)NCCOC)C3)c(C)cc2NC1=O. The molecule has 2 heterocycles. The first kappa shape index (κ1) is 22.5. The summed E-state index contributed by atoms with van der Waals surface area (Å²) in [6.45, 7) is 4.80. The van der Waals surface area contributed by atoms with E-state index < -0.39 is 22.0 Å². The zero-order chi connectivity index (χ0) is 21.9. The smallest absolute Gasteiger partial charge is 0.265 e. The van der Waals surface area contributed by atoms with Crippen LogP contribution in [0.25, 0.3) is 0 Å². The summed E-state index contributed by atoms with van der Waals surface area (Å²) in [6, 6.07) is 3.09. The van der Waals surface area contributed by atoms with Crippen molar-refractivity contribution in [1.29, 1.82) is 0 Å². The van der Waals surface area contributed by atoms with Gasteiger partial charge in [0.2, 0.25) is 15.9 Å². The molecule has 1 fully saturated rings. The molecule has 2 aliphatic rings. The summed E-state index contributed by atoms with van der Waals surface area (Å²) in [5.74, 6) is -0.455. The minimum atomic E-state index is -3.82. The Morgan fingerprint density at radius 1 is 1.40 bits per heavy atom. The number of nitrogens with zero attached hydrogens (tertiary/aromatic N) is 1. The van der Waals surface area contributed by atoms with E-state index >= 15 is 0 Å². The lowest BCUT2D eigenvalue weighted by Gasteiger charge is -2.32. The van der Waals surface area contributed by atoms with Gasteiger partial charge in [-0.2, -0.15) is 4.31 Å². The number of fused-ring (bicyclic) bond motifs is 1. The van der Waals surface area contributed by atoms with Gasteiger partial charge in [-0.25, -0.2) is 8.42 Å². The summed E-state index contributed by atoms with van der Waals surface area (Å²) in [5, 5.41) is 5.56. The third-order valence-corrected chi connectivity index (χ3v) is 7.45. The average molecular weight is 440 g/mol. The molecule has 0 radical (unpaired) electrons. The maximum Gasteiger partial charge on any atom is 0.265 e. The Balaban J connectivity index is 1.81. The molecule has 0 saturated carbocycles. The molecule has 0 unspecified atom stereocenters. The monoisotopic (exact) mass is 439 g/mol. The summed E-state index contributed by atoms with van der Waals surface area (Å²) in [4.78, 5) is 24.5. The minimum absolute atomic E-state index is 0.132. The maximum absolute atomic E-state index is 13.4. The van der Waals surface area contributed by atoms with Crippen LogP contribution in [0, 0.1) is 12.8 Å². The van der Waals surface area contributed by atoms with Gasteiger partial charge in [-0.3, -0.25) is 9.59 Å². The number of sulfonamides is 1. The Morgan fingerprint density at radius 2 is 2.17 bits per heavy atom. The number of hydrogen-bond acceptors (Lipinski definition) is 6. The number of carbonyl (C=O) groups is 2. The number of aryl methyl sites for hydroxylation is 1. The van der Waals surface area contributed by atoms with Crippen LogP contribution in [0.3, 0.4) is 0 Å². The molecule has 1 saturated heterocycles. The number of anilines is 1. The van der Waals surface area contributed by atoms with Crippen molar-refractivity contribution in [2.24, 2.45) is 5.92 Å².